The van der Waals surface area contributed by atoms with Gasteiger partial charge in [-0.05, 0) is 24.7 Å². The van der Waals surface area contributed by atoms with Crippen LogP contribution in [0.3, 0.4) is 0 Å². The van der Waals surface area contributed by atoms with Crippen LogP contribution in [-0.4, -0.2) is 32.5 Å². The first kappa shape index (κ1) is 14.5. The molecule has 1 unspecified atom stereocenters. The summed E-state index contributed by atoms with van der Waals surface area (Å²) in [6.45, 7) is 8.57. The van der Waals surface area contributed by atoms with Gasteiger partial charge < -0.3 is 15.0 Å². The standard InChI is InChI=1S/C14H26N4O/c1-14(2,3)11(7-9-19)15-10-13-17-16-12-6-4-5-8-18(12)13/h11,15,19H,4-10H2,1-3H3. The summed E-state index contributed by atoms with van der Waals surface area (Å²) in [5.41, 5.74) is 0.132. The third kappa shape index (κ3) is 3.54. The van der Waals surface area contributed by atoms with Crippen LogP contribution in [-0.2, 0) is 19.5 Å². The summed E-state index contributed by atoms with van der Waals surface area (Å²) in [5, 5.41) is 21.3. The molecule has 1 aliphatic heterocycles. The molecule has 0 bridgehead atoms. The molecular formula is C14H26N4O. The van der Waals surface area contributed by atoms with Gasteiger partial charge in [-0.3, -0.25) is 0 Å². The van der Waals surface area contributed by atoms with Crippen molar-refractivity contribution in [3.8, 4) is 0 Å². The summed E-state index contributed by atoms with van der Waals surface area (Å²) in [4.78, 5) is 0. The number of fused-ring (bicyclic) bond motifs is 1. The Bertz CT molecular complexity index is 408. The maximum absolute atomic E-state index is 9.18. The van der Waals surface area contributed by atoms with Crippen molar-refractivity contribution in [2.24, 2.45) is 5.41 Å². The van der Waals surface area contributed by atoms with Crippen molar-refractivity contribution in [1.29, 1.82) is 0 Å². The molecule has 0 spiro atoms. The molecule has 2 heterocycles. The van der Waals surface area contributed by atoms with Gasteiger partial charge in [-0.15, -0.1) is 10.2 Å². The minimum atomic E-state index is 0.132. The lowest BCUT2D eigenvalue weighted by Gasteiger charge is -2.31. The molecule has 0 amide bonds. The highest BCUT2D eigenvalue weighted by Crippen LogP contribution is 2.22. The molecule has 108 valence electrons. The Morgan fingerprint density at radius 2 is 2.11 bits per heavy atom. The van der Waals surface area contributed by atoms with Crippen LogP contribution in [0.25, 0.3) is 0 Å². The van der Waals surface area contributed by atoms with E-state index >= 15 is 0 Å². The maximum Gasteiger partial charge on any atom is 0.147 e. The van der Waals surface area contributed by atoms with E-state index in [2.05, 4.69) is 40.9 Å². The van der Waals surface area contributed by atoms with Crippen LogP contribution in [0.1, 0.15) is 51.7 Å². The summed E-state index contributed by atoms with van der Waals surface area (Å²) in [6.07, 6.45) is 4.26. The molecule has 0 aliphatic carbocycles. The molecule has 1 aromatic rings. The molecule has 1 atom stereocenters. The Morgan fingerprint density at radius 1 is 1.32 bits per heavy atom. The molecule has 5 heteroatoms. The molecule has 2 rings (SSSR count). The number of nitrogens with one attached hydrogen (secondary N) is 1. The minimum absolute atomic E-state index is 0.132. The Kier molecular flexibility index (Phi) is 4.58. The summed E-state index contributed by atoms with van der Waals surface area (Å²) in [6, 6.07) is 0.286. The molecular weight excluding hydrogens is 240 g/mol. The number of nitrogens with zero attached hydrogens (tertiary/aromatic N) is 3. The van der Waals surface area contributed by atoms with Crippen LogP contribution in [0.15, 0.2) is 0 Å². The number of aromatic nitrogens is 3. The van der Waals surface area contributed by atoms with E-state index in [0.717, 1.165) is 37.6 Å². The lowest BCUT2D eigenvalue weighted by Crippen LogP contribution is -2.41. The normalized spacial score (nSPS) is 17.3. The quantitative estimate of drug-likeness (QED) is 0.848. The summed E-state index contributed by atoms with van der Waals surface area (Å²) >= 11 is 0. The number of hydrogen-bond donors (Lipinski definition) is 2. The maximum atomic E-state index is 9.18. The van der Waals surface area contributed by atoms with Gasteiger partial charge >= 0.3 is 0 Å². The fourth-order valence-corrected chi connectivity index (χ4v) is 2.68. The van der Waals surface area contributed by atoms with E-state index in [-0.39, 0.29) is 18.1 Å². The average molecular weight is 266 g/mol. The van der Waals surface area contributed by atoms with Gasteiger partial charge in [0.25, 0.3) is 0 Å². The number of aryl methyl sites for hydroxylation is 1. The molecule has 2 N–H and O–H groups in total. The van der Waals surface area contributed by atoms with Crippen molar-refractivity contribution in [3.63, 3.8) is 0 Å². The SMILES string of the molecule is CC(C)(C)C(CCO)NCc1nnc2n1CCCC2. The van der Waals surface area contributed by atoms with Crippen molar-refractivity contribution in [2.75, 3.05) is 6.61 Å². The van der Waals surface area contributed by atoms with Gasteiger partial charge in [-0.1, -0.05) is 20.8 Å². The van der Waals surface area contributed by atoms with Gasteiger partial charge in [0.1, 0.15) is 11.6 Å². The molecule has 0 saturated carbocycles. The van der Waals surface area contributed by atoms with Crippen molar-refractivity contribution >= 4 is 0 Å². The number of aliphatic hydroxyl groups is 1. The molecule has 0 saturated heterocycles. The van der Waals surface area contributed by atoms with Gasteiger partial charge in [-0.2, -0.15) is 0 Å². The number of rotatable bonds is 5. The minimum Gasteiger partial charge on any atom is -0.396 e. The van der Waals surface area contributed by atoms with E-state index in [0.29, 0.717) is 0 Å². The monoisotopic (exact) mass is 266 g/mol. The second-order valence-corrected chi connectivity index (χ2v) is 6.45. The molecule has 1 aliphatic rings. The molecule has 19 heavy (non-hydrogen) atoms. The zero-order valence-electron chi connectivity index (χ0n) is 12.3. The van der Waals surface area contributed by atoms with E-state index in [1.165, 1.54) is 12.8 Å². The summed E-state index contributed by atoms with van der Waals surface area (Å²) in [7, 11) is 0. The molecule has 0 fully saturated rings. The van der Waals surface area contributed by atoms with Crippen LogP contribution in [0.5, 0.6) is 0 Å². The van der Waals surface area contributed by atoms with Crippen LogP contribution in [0.4, 0.5) is 0 Å². The predicted octanol–water partition coefficient (Wildman–Crippen LogP) is 1.50. The van der Waals surface area contributed by atoms with Gasteiger partial charge in [-0.25, -0.2) is 0 Å². The number of hydrogen-bond acceptors (Lipinski definition) is 4. The lowest BCUT2D eigenvalue weighted by molar-refractivity contribution is 0.195. The third-order valence-corrected chi connectivity index (χ3v) is 3.91. The molecule has 5 nitrogen and oxygen atoms in total. The van der Waals surface area contributed by atoms with Crippen LogP contribution in [0, 0.1) is 5.41 Å². The predicted molar refractivity (Wildman–Crippen MR) is 74.7 cm³/mol. The van der Waals surface area contributed by atoms with Crippen LogP contribution in [0.2, 0.25) is 0 Å². The fraction of sp³-hybridized carbons (Fsp3) is 0.857. The Hall–Kier alpha value is -0.940. The second-order valence-electron chi connectivity index (χ2n) is 6.45. The van der Waals surface area contributed by atoms with Crippen molar-refractivity contribution < 1.29 is 5.11 Å². The zero-order valence-corrected chi connectivity index (χ0v) is 12.3. The zero-order chi connectivity index (χ0) is 13.9. The highest BCUT2D eigenvalue weighted by molar-refractivity contribution is 4.99. The molecule has 0 radical (unpaired) electrons. The van der Waals surface area contributed by atoms with Crippen LogP contribution >= 0.6 is 0 Å². The van der Waals surface area contributed by atoms with Crippen molar-refractivity contribution in [2.45, 2.75) is 65.6 Å². The van der Waals surface area contributed by atoms with E-state index in [4.69, 9.17) is 0 Å². The van der Waals surface area contributed by atoms with Crippen molar-refractivity contribution in [1.82, 2.24) is 20.1 Å². The molecule has 1 aromatic heterocycles. The Labute approximate surface area is 115 Å². The lowest BCUT2D eigenvalue weighted by atomic mass is 9.85. The first-order chi connectivity index (χ1) is 9.02. The fourth-order valence-electron chi connectivity index (χ4n) is 2.68. The largest absolute Gasteiger partial charge is 0.396 e. The first-order valence-electron chi connectivity index (χ1n) is 7.27. The van der Waals surface area contributed by atoms with Gasteiger partial charge in [0, 0.05) is 25.6 Å². The Balaban J connectivity index is 1.99. The first-order valence-corrected chi connectivity index (χ1v) is 7.27. The highest BCUT2D eigenvalue weighted by Gasteiger charge is 2.24. The molecule has 0 aromatic carbocycles. The summed E-state index contributed by atoms with van der Waals surface area (Å²) in [5.74, 6) is 2.15. The van der Waals surface area contributed by atoms with Crippen LogP contribution < -0.4 is 5.32 Å². The van der Waals surface area contributed by atoms with E-state index in [1.54, 1.807) is 0 Å². The van der Waals surface area contributed by atoms with E-state index in [9.17, 15) is 5.11 Å². The topological polar surface area (TPSA) is 63.0 Å². The second kappa shape index (κ2) is 6.01. The Morgan fingerprint density at radius 3 is 2.79 bits per heavy atom. The van der Waals surface area contributed by atoms with E-state index < -0.39 is 0 Å². The van der Waals surface area contributed by atoms with Gasteiger partial charge in [0.2, 0.25) is 0 Å². The third-order valence-electron chi connectivity index (χ3n) is 3.91. The average Bonchev–Trinajstić information content (AvgIpc) is 2.76. The smallest absolute Gasteiger partial charge is 0.147 e. The summed E-state index contributed by atoms with van der Waals surface area (Å²) < 4.78 is 2.25. The van der Waals surface area contributed by atoms with Gasteiger partial charge in [0.05, 0.1) is 6.54 Å². The number of aliphatic hydroxyl groups excluding tert-OH is 1. The van der Waals surface area contributed by atoms with Gasteiger partial charge in [0.15, 0.2) is 0 Å². The van der Waals surface area contributed by atoms with Crippen molar-refractivity contribution in [3.05, 3.63) is 11.6 Å². The van der Waals surface area contributed by atoms with E-state index in [1.807, 2.05) is 0 Å². The highest BCUT2D eigenvalue weighted by atomic mass is 16.3.